The fourth-order valence-electron chi connectivity index (χ4n) is 0.577. The fraction of sp³-hybridized carbons (Fsp3) is 1.00. The van der Waals surface area contributed by atoms with Gasteiger partial charge in [0.2, 0.25) is 0 Å². The molecular weight excluding hydrogens is 183 g/mol. The summed E-state index contributed by atoms with van der Waals surface area (Å²) in [6.07, 6.45) is 2.71. The van der Waals surface area contributed by atoms with Gasteiger partial charge in [-0.15, -0.1) is 23.2 Å². The maximum absolute atomic E-state index is 7.00. The van der Waals surface area contributed by atoms with Crippen molar-refractivity contribution in [2.75, 3.05) is 12.4 Å². The Morgan fingerprint density at radius 1 is 1.18 bits per heavy atom. The fourth-order valence-corrected chi connectivity index (χ4v) is 0.577. The minimum atomic E-state index is 0.194. The highest BCUT2D eigenvalue weighted by Crippen LogP contribution is 2.00. The number of aliphatic hydroxyl groups is 1. The molecule has 1 N–H and O–H groups in total. The average molecular weight is 203 g/mol. The molecule has 0 aliphatic carbocycles. The topological polar surface area (TPSA) is 20.2 Å². The van der Waals surface area contributed by atoms with Crippen LogP contribution in [0, 0.1) is 5.92 Å². The number of halogens is 2. The highest BCUT2D eigenvalue weighted by Gasteiger charge is 1.85. The number of aliphatic hydroxyl groups excluding tert-OH is 1. The van der Waals surface area contributed by atoms with E-state index in [-0.39, 0.29) is 5.34 Å². The van der Waals surface area contributed by atoms with Crippen LogP contribution in [0.2, 0.25) is 0 Å². The molecule has 72 valence electrons. The summed E-state index contributed by atoms with van der Waals surface area (Å²) in [6, 6.07) is 0. The summed E-state index contributed by atoms with van der Waals surface area (Å²) in [5.41, 5.74) is 0. The number of rotatable bonds is 2. The Balaban J connectivity index is -0.000000109. The van der Waals surface area contributed by atoms with E-state index >= 15 is 0 Å². The smallest absolute Gasteiger partial charge is 0.0967 e. The van der Waals surface area contributed by atoms with Gasteiger partial charge in [-0.25, -0.2) is 0 Å². The molecule has 1 nitrogen and oxygen atoms in total. The molecule has 3 heteroatoms. The van der Waals surface area contributed by atoms with Gasteiger partial charge in [-0.05, 0) is 5.92 Å². The van der Waals surface area contributed by atoms with E-state index in [1.165, 1.54) is 12.8 Å². The molecule has 11 heavy (non-hydrogen) atoms. The Morgan fingerprint density at radius 2 is 1.45 bits per heavy atom. The van der Waals surface area contributed by atoms with Crippen LogP contribution in [0.4, 0.5) is 0 Å². The van der Waals surface area contributed by atoms with Crippen molar-refractivity contribution in [2.45, 2.75) is 33.6 Å². The molecule has 0 aliphatic heterocycles. The van der Waals surface area contributed by atoms with Crippen LogP contribution in [0.15, 0.2) is 0 Å². The molecule has 0 atom stereocenters. The molecule has 0 amide bonds. The Bertz CT molecular complexity index is 41.1. The molecule has 0 fully saturated rings. The van der Waals surface area contributed by atoms with Crippen LogP contribution in [-0.4, -0.2) is 17.6 Å². The third kappa shape index (κ3) is 61.3. The quantitative estimate of drug-likeness (QED) is 0.681. The van der Waals surface area contributed by atoms with Crippen LogP contribution < -0.4 is 0 Å². The van der Waals surface area contributed by atoms with Gasteiger partial charge in [0.1, 0.15) is 0 Å². The van der Waals surface area contributed by atoms with Gasteiger partial charge in [0, 0.05) is 7.11 Å². The lowest BCUT2D eigenvalue weighted by molar-refractivity contribution is 0.399. The lowest BCUT2D eigenvalue weighted by Crippen LogP contribution is -1.81. The van der Waals surface area contributed by atoms with Crippen molar-refractivity contribution in [3.05, 3.63) is 0 Å². The second-order valence-electron chi connectivity index (χ2n) is 2.28. The summed E-state index contributed by atoms with van der Waals surface area (Å²) in [4.78, 5) is 0. The highest BCUT2D eigenvalue weighted by atomic mass is 35.5. The maximum atomic E-state index is 7.00. The van der Waals surface area contributed by atoms with Gasteiger partial charge in [0.15, 0.2) is 0 Å². The van der Waals surface area contributed by atoms with Gasteiger partial charge in [-0.3, -0.25) is 0 Å². The van der Waals surface area contributed by atoms with Crippen molar-refractivity contribution in [2.24, 2.45) is 5.92 Å². The Hall–Kier alpha value is 0.540. The largest absolute Gasteiger partial charge is 0.400 e. The van der Waals surface area contributed by atoms with Crippen LogP contribution in [-0.2, 0) is 0 Å². The second-order valence-corrected chi connectivity index (χ2v) is 3.09. The van der Waals surface area contributed by atoms with Crippen molar-refractivity contribution < 1.29 is 5.11 Å². The lowest BCUT2D eigenvalue weighted by Gasteiger charge is -1.95. The Morgan fingerprint density at radius 3 is 1.45 bits per heavy atom. The van der Waals surface area contributed by atoms with Crippen LogP contribution in [0.25, 0.3) is 0 Å². The van der Waals surface area contributed by atoms with Gasteiger partial charge in [0.25, 0.3) is 0 Å². The summed E-state index contributed by atoms with van der Waals surface area (Å²) in [6.45, 7) is 6.73. The van der Waals surface area contributed by atoms with E-state index in [4.69, 9.17) is 28.3 Å². The van der Waals surface area contributed by atoms with E-state index in [2.05, 4.69) is 20.8 Å². The zero-order chi connectivity index (χ0) is 9.70. The van der Waals surface area contributed by atoms with Gasteiger partial charge in [0.05, 0.1) is 5.34 Å². The minimum absolute atomic E-state index is 0.194. The van der Waals surface area contributed by atoms with Crippen molar-refractivity contribution in [3.8, 4) is 0 Å². The summed E-state index contributed by atoms with van der Waals surface area (Å²) in [7, 11) is 1.00. The van der Waals surface area contributed by atoms with Gasteiger partial charge in [-0.1, -0.05) is 33.6 Å². The van der Waals surface area contributed by atoms with E-state index in [1.54, 1.807) is 0 Å². The van der Waals surface area contributed by atoms with Gasteiger partial charge in [-0.2, -0.15) is 0 Å². The van der Waals surface area contributed by atoms with Crippen molar-refractivity contribution in [1.82, 2.24) is 0 Å². The number of alkyl halides is 2. The molecule has 0 aromatic rings. The first-order valence-corrected chi connectivity index (χ1v) is 4.82. The van der Waals surface area contributed by atoms with E-state index in [1.807, 2.05) is 0 Å². The van der Waals surface area contributed by atoms with Crippen molar-refractivity contribution in [3.63, 3.8) is 0 Å². The average Bonchev–Trinajstić information content (AvgIpc) is 1.93. The standard InChI is InChI=1S/C6H14.CH2Cl2.CH4O/c1-4-5-6(2)3;2-1-3;1-2/h6H,4-5H2,1-3H3;1H2;2H,1H3. The van der Waals surface area contributed by atoms with Crippen LogP contribution >= 0.6 is 23.2 Å². The van der Waals surface area contributed by atoms with Crippen LogP contribution in [0.1, 0.15) is 33.6 Å². The predicted molar refractivity (Wildman–Crippen MR) is 54.5 cm³/mol. The van der Waals surface area contributed by atoms with E-state index in [9.17, 15) is 0 Å². The minimum Gasteiger partial charge on any atom is -0.400 e. The Kier molecular flexibility index (Phi) is 35.8. The summed E-state index contributed by atoms with van der Waals surface area (Å²) in [5.74, 6) is 0.898. The first-order chi connectivity index (χ1) is 5.18. The maximum Gasteiger partial charge on any atom is 0.0967 e. The SMILES string of the molecule is CCCC(C)C.CO.ClCCl. The zero-order valence-corrected chi connectivity index (χ0v) is 9.41. The second kappa shape index (κ2) is 22.4. The predicted octanol–water partition coefficient (Wildman–Crippen LogP) is 3.47. The highest BCUT2D eigenvalue weighted by molar-refractivity contribution is 6.40. The molecule has 0 rings (SSSR count). The first kappa shape index (κ1) is 17.6. The number of hydrogen-bond acceptors (Lipinski definition) is 1. The molecular formula is C8H20Cl2O. The van der Waals surface area contributed by atoms with E-state index < -0.39 is 0 Å². The van der Waals surface area contributed by atoms with Gasteiger partial charge >= 0.3 is 0 Å². The molecule has 0 heterocycles. The summed E-state index contributed by atoms with van der Waals surface area (Å²) < 4.78 is 0. The monoisotopic (exact) mass is 202 g/mol. The van der Waals surface area contributed by atoms with E-state index in [0.717, 1.165) is 13.0 Å². The molecule has 0 spiro atoms. The normalized spacial score (nSPS) is 7.64. The van der Waals surface area contributed by atoms with Crippen molar-refractivity contribution in [1.29, 1.82) is 0 Å². The molecule has 0 bridgehead atoms. The summed E-state index contributed by atoms with van der Waals surface area (Å²) >= 11 is 9.53. The van der Waals surface area contributed by atoms with Gasteiger partial charge < -0.3 is 5.11 Å². The first-order valence-electron chi connectivity index (χ1n) is 3.75. The zero-order valence-electron chi connectivity index (χ0n) is 7.90. The van der Waals surface area contributed by atoms with Crippen molar-refractivity contribution >= 4 is 23.2 Å². The van der Waals surface area contributed by atoms with Crippen LogP contribution in [0.5, 0.6) is 0 Å². The van der Waals surface area contributed by atoms with Crippen LogP contribution in [0.3, 0.4) is 0 Å². The third-order valence-corrected chi connectivity index (χ3v) is 0.866. The third-order valence-electron chi connectivity index (χ3n) is 0.866. The molecule has 0 saturated carbocycles. The summed E-state index contributed by atoms with van der Waals surface area (Å²) in [5, 5.41) is 7.19. The molecule has 0 aromatic heterocycles. The molecule has 0 unspecified atom stereocenters. The Labute approximate surface area is 80.7 Å². The molecule has 0 saturated heterocycles. The molecule has 0 aliphatic rings. The van der Waals surface area contributed by atoms with E-state index in [0.29, 0.717) is 0 Å². The number of hydrogen-bond donors (Lipinski definition) is 1. The molecule has 0 aromatic carbocycles. The lowest BCUT2D eigenvalue weighted by atomic mass is 10.1. The molecule has 0 radical (unpaired) electrons.